The number of rotatable bonds is 5. The molecule has 0 spiro atoms. The predicted octanol–water partition coefficient (Wildman–Crippen LogP) is 3.73. The molecule has 0 amide bonds. The Morgan fingerprint density at radius 1 is 1.19 bits per heavy atom. The lowest BCUT2D eigenvalue weighted by Crippen LogP contribution is -2.17. The summed E-state index contributed by atoms with van der Waals surface area (Å²) in [6, 6.07) is 0.203. The summed E-state index contributed by atoms with van der Waals surface area (Å²) in [6.07, 6.45) is -4.43. The van der Waals surface area contributed by atoms with Gasteiger partial charge in [0.05, 0.1) is 15.4 Å². The van der Waals surface area contributed by atoms with Crippen molar-refractivity contribution in [2.75, 3.05) is 5.32 Å². The third-order valence-electron chi connectivity index (χ3n) is 2.82. The maximum absolute atomic E-state index is 12.7. The van der Waals surface area contributed by atoms with Gasteiger partial charge in [0.25, 0.3) is 11.4 Å². The molecule has 1 N–H and O–H groups in total. The average molecular weight is 307 g/mol. The molecule has 1 aromatic rings. The lowest BCUT2D eigenvalue weighted by molar-refractivity contribution is -0.392. The van der Waals surface area contributed by atoms with Crippen molar-refractivity contribution in [3.63, 3.8) is 0 Å². The Morgan fingerprint density at radius 2 is 1.62 bits per heavy atom. The topological polar surface area (TPSA) is 98.3 Å². The smallest absolute Gasteiger partial charge is 0.371 e. The summed E-state index contributed by atoms with van der Waals surface area (Å²) in [4.78, 5) is 19.7. The van der Waals surface area contributed by atoms with E-state index in [9.17, 15) is 33.4 Å². The number of alkyl halides is 3. The zero-order valence-electron chi connectivity index (χ0n) is 11.1. The van der Waals surface area contributed by atoms with Crippen molar-refractivity contribution in [3.05, 3.63) is 37.9 Å². The molecule has 7 nitrogen and oxygen atoms in total. The SMILES string of the molecule is CCC(C)Nc1c([N+](=O)[O-])cc(C(F)(F)F)cc1[N+](=O)[O-]. The molecule has 116 valence electrons. The van der Waals surface area contributed by atoms with Crippen LogP contribution >= 0.6 is 0 Å². The van der Waals surface area contributed by atoms with Crippen LogP contribution in [0.5, 0.6) is 0 Å². The van der Waals surface area contributed by atoms with Crippen molar-refractivity contribution in [2.45, 2.75) is 32.5 Å². The first-order valence-corrected chi connectivity index (χ1v) is 5.88. The van der Waals surface area contributed by atoms with Gasteiger partial charge >= 0.3 is 6.18 Å². The van der Waals surface area contributed by atoms with Gasteiger partial charge in [0.2, 0.25) is 0 Å². The average Bonchev–Trinajstić information content (AvgIpc) is 2.36. The maximum atomic E-state index is 12.7. The minimum atomic E-state index is -4.91. The van der Waals surface area contributed by atoms with Crippen LogP contribution in [0.25, 0.3) is 0 Å². The summed E-state index contributed by atoms with van der Waals surface area (Å²) in [5, 5.41) is 24.4. The first-order valence-electron chi connectivity index (χ1n) is 5.88. The zero-order chi connectivity index (χ0) is 16.4. The molecule has 0 radical (unpaired) electrons. The van der Waals surface area contributed by atoms with E-state index < -0.39 is 38.6 Å². The quantitative estimate of drug-likeness (QED) is 0.660. The summed E-state index contributed by atoms with van der Waals surface area (Å²) in [5.41, 5.74) is -3.91. The largest absolute Gasteiger partial charge is 0.416 e. The molecule has 0 aliphatic carbocycles. The second-order valence-electron chi connectivity index (χ2n) is 4.36. The maximum Gasteiger partial charge on any atom is 0.416 e. The number of nitrogens with one attached hydrogen (secondary N) is 1. The molecule has 0 fully saturated rings. The molecule has 0 aliphatic heterocycles. The Morgan fingerprint density at radius 3 is 1.90 bits per heavy atom. The Kier molecular flexibility index (Phi) is 4.71. The molecule has 1 unspecified atom stereocenters. The second-order valence-corrected chi connectivity index (χ2v) is 4.36. The molecule has 0 saturated heterocycles. The molecule has 1 aromatic carbocycles. The molecule has 0 heterocycles. The van der Waals surface area contributed by atoms with Gasteiger partial charge in [-0.05, 0) is 13.3 Å². The van der Waals surface area contributed by atoms with Gasteiger partial charge in [0.1, 0.15) is 0 Å². The van der Waals surface area contributed by atoms with E-state index in [4.69, 9.17) is 0 Å². The van der Waals surface area contributed by atoms with Gasteiger partial charge < -0.3 is 5.32 Å². The molecule has 21 heavy (non-hydrogen) atoms. The molecule has 0 bridgehead atoms. The van der Waals surface area contributed by atoms with Crippen LogP contribution in [0.4, 0.5) is 30.2 Å². The van der Waals surface area contributed by atoms with E-state index in [1.807, 2.05) is 0 Å². The van der Waals surface area contributed by atoms with Crippen LogP contribution in [0.1, 0.15) is 25.8 Å². The fraction of sp³-hybridized carbons (Fsp3) is 0.455. The third kappa shape index (κ3) is 3.80. The number of nitrogens with zero attached hydrogens (tertiary/aromatic N) is 2. The van der Waals surface area contributed by atoms with Crippen molar-refractivity contribution < 1.29 is 23.0 Å². The van der Waals surface area contributed by atoms with Crippen LogP contribution in [0.3, 0.4) is 0 Å². The number of nitro groups is 2. The van der Waals surface area contributed by atoms with E-state index in [-0.39, 0.29) is 18.2 Å². The normalized spacial score (nSPS) is 12.8. The molecule has 1 rings (SSSR count). The third-order valence-corrected chi connectivity index (χ3v) is 2.82. The number of hydrogen-bond donors (Lipinski definition) is 1. The van der Waals surface area contributed by atoms with Crippen molar-refractivity contribution in [1.82, 2.24) is 0 Å². The summed E-state index contributed by atoms with van der Waals surface area (Å²) < 4.78 is 38.0. The highest BCUT2D eigenvalue weighted by atomic mass is 19.4. The van der Waals surface area contributed by atoms with Crippen molar-refractivity contribution >= 4 is 17.1 Å². The van der Waals surface area contributed by atoms with Gasteiger partial charge in [-0.2, -0.15) is 13.2 Å². The summed E-state index contributed by atoms with van der Waals surface area (Å²) in [6.45, 7) is 3.32. The zero-order valence-corrected chi connectivity index (χ0v) is 11.1. The van der Waals surface area contributed by atoms with Gasteiger partial charge in [0.15, 0.2) is 5.69 Å². The van der Waals surface area contributed by atoms with Gasteiger partial charge in [-0.3, -0.25) is 20.2 Å². The van der Waals surface area contributed by atoms with Crippen LogP contribution in [0.2, 0.25) is 0 Å². The van der Waals surface area contributed by atoms with Gasteiger partial charge in [-0.25, -0.2) is 0 Å². The van der Waals surface area contributed by atoms with E-state index in [0.29, 0.717) is 6.42 Å². The van der Waals surface area contributed by atoms with E-state index in [2.05, 4.69) is 5.32 Å². The number of benzene rings is 1. The summed E-state index contributed by atoms with van der Waals surface area (Å²) >= 11 is 0. The number of hydrogen-bond acceptors (Lipinski definition) is 5. The van der Waals surface area contributed by atoms with Crippen molar-refractivity contribution in [1.29, 1.82) is 0 Å². The number of anilines is 1. The Bertz CT molecular complexity index is 539. The minimum absolute atomic E-state index is 0.289. The second kappa shape index (κ2) is 5.94. The lowest BCUT2D eigenvalue weighted by atomic mass is 10.1. The summed E-state index contributed by atoms with van der Waals surface area (Å²) in [5.74, 6) is 0. The Balaban J connectivity index is 3.59. The molecule has 10 heteroatoms. The highest BCUT2D eigenvalue weighted by molar-refractivity contribution is 5.75. The highest BCUT2D eigenvalue weighted by Gasteiger charge is 2.37. The van der Waals surface area contributed by atoms with E-state index >= 15 is 0 Å². The van der Waals surface area contributed by atoms with E-state index in [0.717, 1.165) is 0 Å². The predicted molar refractivity (Wildman–Crippen MR) is 68.1 cm³/mol. The molecular formula is C11H12F3N3O4. The van der Waals surface area contributed by atoms with Crippen LogP contribution in [-0.4, -0.2) is 15.9 Å². The van der Waals surface area contributed by atoms with E-state index in [1.54, 1.807) is 13.8 Å². The highest BCUT2D eigenvalue weighted by Crippen LogP contribution is 2.41. The lowest BCUT2D eigenvalue weighted by Gasteiger charge is -2.15. The molecule has 0 saturated carbocycles. The van der Waals surface area contributed by atoms with Gasteiger partial charge in [-0.15, -0.1) is 0 Å². The van der Waals surface area contributed by atoms with E-state index in [1.165, 1.54) is 0 Å². The molecular weight excluding hydrogens is 295 g/mol. The molecule has 0 aliphatic rings. The molecule has 1 atom stereocenters. The standard InChI is InChI=1S/C11H12F3N3O4/c1-3-6(2)15-10-8(16(18)19)4-7(11(12,13)14)5-9(10)17(20)21/h4-6,15H,3H2,1-2H3. The van der Waals surface area contributed by atoms with Crippen LogP contribution in [0.15, 0.2) is 12.1 Å². The monoisotopic (exact) mass is 307 g/mol. The fourth-order valence-corrected chi connectivity index (χ4v) is 1.56. The van der Waals surface area contributed by atoms with Crippen LogP contribution in [0, 0.1) is 20.2 Å². The minimum Gasteiger partial charge on any atom is -0.371 e. The number of halogens is 3. The molecule has 0 aromatic heterocycles. The Hall–Kier alpha value is -2.39. The van der Waals surface area contributed by atoms with Crippen LogP contribution in [-0.2, 0) is 6.18 Å². The first-order chi connectivity index (χ1) is 9.57. The van der Waals surface area contributed by atoms with Crippen LogP contribution < -0.4 is 5.32 Å². The number of nitro benzene ring substituents is 2. The van der Waals surface area contributed by atoms with Gasteiger partial charge in [-0.1, -0.05) is 6.92 Å². The van der Waals surface area contributed by atoms with Crippen molar-refractivity contribution in [3.8, 4) is 0 Å². The van der Waals surface area contributed by atoms with Crippen molar-refractivity contribution in [2.24, 2.45) is 0 Å². The first kappa shape index (κ1) is 16.7. The summed E-state index contributed by atoms with van der Waals surface area (Å²) in [7, 11) is 0. The Labute approximate surface area is 117 Å². The fourth-order valence-electron chi connectivity index (χ4n) is 1.56. The van der Waals surface area contributed by atoms with Gasteiger partial charge in [0, 0.05) is 18.2 Å².